The number of nitrogens with one attached hydrogen (secondary N) is 1. The fourth-order valence-corrected chi connectivity index (χ4v) is 1.56. The van der Waals surface area contributed by atoms with E-state index in [9.17, 15) is 4.79 Å². The molecule has 1 aromatic rings. The summed E-state index contributed by atoms with van der Waals surface area (Å²) in [5.74, 6) is -0.135. The van der Waals surface area contributed by atoms with Crippen molar-refractivity contribution in [2.45, 2.75) is 40.7 Å². The summed E-state index contributed by atoms with van der Waals surface area (Å²) in [5, 5.41) is 2.88. The normalized spacial score (nSPS) is 12.6. The van der Waals surface area contributed by atoms with Gasteiger partial charge in [-0.05, 0) is 30.9 Å². The Hall–Kier alpha value is -1.06. The van der Waals surface area contributed by atoms with Gasteiger partial charge < -0.3 is 11.1 Å². The quantitative estimate of drug-likeness (QED) is 0.868. The van der Waals surface area contributed by atoms with Crippen LogP contribution in [0.3, 0.4) is 0 Å². The maximum Gasteiger partial charge on any atom is 0.241 e. The first-order chi connectivity index (χ1) is 7.71. The number of halogens is 1. The lowest BCUT2D eigenvalue weighted by atomic mass is 9.87. The maximum absolute atomic E-state index is 12.0. The number of nitrogens with two attached hydrogens (primary N) is 1. The van der Waals surface area contributed by atoms with Gasteiger partial charge in [-0.3, -0.25) is 4.79 Å². The van der Waals surface area contributed by atoms with Crippen LogP contribution in [0.4, 0.5) is 5.69 Å². The van der Waals surface area contributed by atoms with Gasteiger partial charge >= 0.3 is 0 Å². The topological polar surface area (TPSA) is 55.1 Å². The molecule has 0 aromatic heterocycles. The molecule has 1 atom stereocenters. The van der Waals surface area contributed by atoms with Gasteiger partial charge in [0.25, 0.3) is 0 Å². The first kappa shape index (κ1) is 16.9. The Bertz CT molecular complexity index is 424. The van der Waals surface area contributed by atoms with Crippen LogP contribution in [-0.4, -0.2) is 11.9 Å². The highest BCUT2D eigenvalue weighted by Gasteiger charge is 2.27. The molecule has 0 fully saturated rings. The van der Waals surface area contributed by atoms with E-state index >= 15 is 0 Å². The zero-order chi connectivity index (χ0) is 13.2. The minimum absolute atomic E-state index is 0. The third kappa shape index (κ3) is 4.31. The van der Waals surface area contributed by atoms with Crippen molar-refractivity contribution in [2.75, 3.05) is 5.32 Å². The zero-order valence-electron chi connectivity index (χ0n) is 11.7. The first-order valence-electron chi connectivity index (χ1n) is 5.85. The van der Waals surface area contributed by atoms with Crippen LogP contribution in [0.2, 0.25) is 0 Å². The standard InChI is InChI=1S/C14H22N2O.ClH/c1-9-6-7-11(10(2)8-9)16-13(17)12(15)14(3,4)5;/h6-8,12H,15H2,1-5H3,(H,16,17);1H/t12-;/m1./s1. The third-order valence-electron chi connectivity index (χ3n) is 2.86. The lowest BCUT2D eigenvalue weighted by molar-refractivity contribution is -0.119. The molecule has 0 saturated heterocycles. The van der Waals surface area contributed by atoms with E-state index in [0.717, 1.165) is 11.3 Å². The van der Waals surface area contributed by atoms with Gasteiger partial charge in [-0.15, -0.1) is 12.4 Å². The molecule has 1 rings (SSSR count). The molecule has 1 amide bonds. The zero-order valence-corrected chi connectivity index (χ0v) is 12.5. The van der Waals surface area contributed by atoms with Crippen LogP contribution in [0.25, 0.3) is 0 Å². The smallest absolute Gasteiger partial charge is 0.241 e. The van der Waals surface area contributed by atoms with E-state index in [1.165, 1.54) is 5.56 Å². The summed E-state index contributed by atoms with van der Waals surface area (Å²) in [6.07, 6.45) is 0. The predicted molar refractivity (Wildman–Crippen MR) is 79.2 cm³/mol. The van der Waals surface area contributed by atoms with Crippen molar-refractivity contribution in [2.24, 2.45) is 11.1 Å². The van der Waals surface area contributed by atoms with Crippen molar-refractivity contribution in [3.05, 3.63) is 29.3 Å². The Labute approximate surface area is 116 Å². The number of carbonyl (C=O) groups excluding carboxylic acids is 1. The Balaban J connectivity index is 0.00000289. The summed E-state index contributed by atoms with van der Waals surface area (Å²) in [6, 6.07) is 5.42. The van der Waals surface area contributed by atoms with Crippen molar-refractivity contribution in [3.8, 4) is 0 Å². The fraction of sp³-hybridized carbons (Fsp3) is 0.500. The van der Waals surface area contributed by atoms with E-state index in [1.807, 2.05) is 52.8 Å². The van der Waals surface area contributed by atoms with Gasteiger partial charge in [-0.2, -0.15) is 0 Å². The molecule has 0 saturated carbocycles. The molecule has 0 aliphatic carbocycles. The van der Waals surface area contributed by atoms with Crippen molar-refractivity contribution in [3.63, 3.8) is 0 Å². The number of carbonyl (C=O) groups is 1. The van der Waals surface area contributed by atoms with Crippen molar-refractivity contribution < 1.29 is 4.79 Å². The number of amides is 1. The fourth-order valence-electron chi connectivity index (χ4n) is 1.56. The highest BCUT2D eigenvalue weighted by Crippen LogP contribution is 2.21. The van der Waals surface area contributed by atoms with Gasteiger partial charge in [0.15, 0.2) is 0 Å². The number of hydrogen-bond acceptors (Lipinski definition) is 2. The molecule has 18 heavy (non-hydrogen) atoms. The van der Waals surface area contributed by atoms with Crippen molar-refractivity contribution >= 4 is 24.0 Å². The lowest BCUT2D eigenvalue weighted by Crippen LogP contribution is -2.45. The first-order valence-corrected chi connectivity index (χ1v) is 5.85. The van der Waals surface area contributed by atoms with E-state index in [-0.39, 0.29) is 23.7 Å². The Kier molecular flexibility index (Phi) is 5.84. The molecule has 4 heteroatoms. The molecule has 0 radical (unpaired) electrons. The van der Waals surface area contributed by atoms with E-state index in [2.05, 4.69) is 5.32 Å². The molecular weight excluding hydrogens is 248 g/mol. The van der Waals surface area contributed by atoms with Crippen LogP contribution in [0.5, 0.6) is 0 Å². The van der Waals surface area contributed by atoms with Gasteiger partial charge in [0.2, 0.25) is 5.91 Å². The van der Waals surface area contributed by atoms with Crippen LogP contribution in [0.1, 0.15) is 31.9 Å². The van der Waals surface area contributed by atoms with Crippen molar-refractivity contribution in [1.82, 2.24) is 0 Å². The minimum Gasteiger partial charge on any atom is -0.324 e. The highest BCUT2D eigenvalue weighted by molar-refractivity contribution is 5.95. The predicted octanol–water partition coefficient (Wildman–Crippen LogP) is 3.04. The summed E-state index contributed by atoms with van der Waals surface area (Å²) in [7, 11) is 0. The Morgan fingerprint density at radius 1 is 1.28 bits per heavy atom. The largest absolute Gasteiger partial charge is 0.324 e. The van der Waals surface area contributed by atoms with Crippen molar-refractivity contribution in [1.29, 1.82) is 0 Å². The SMILES string of the molecule is Cc1ccc(NC(=O)[C@@H](N)C(C)(C)C)c(C)c1.Cl. The molecule has 0 unspecified atom stereocenters. The number of aryl methyl sites for hydroxylation is 2. The van der Waals surface area contributed by atoms with Crippen LogP contribution in [0, 0.1) is 19.3 Å². The summed E-state index contributed by atoms with van der Waals surface area (Å²) < 4.78 is 0. The highest BCUT2D eigenvalue weighted by atomic mass is 35.5. The molecule has 3 nitrogen and oxygen atoms in total. The maximum atomic E-state index is 12.0. The molecule has 0 heterocycles. The Morgan fingerprint density at radius 3 is 2.28 bits per heavy atom. The molecule has 0 aliphatic heterocycles. The van der Waals surface area contributed by atoms with Crippen LogP contribution in [0.15, 0.2) is 18.2 Å². The van der Waals surface area contributed by atoms with Crippen LogP contribution in [-0.2, 0) is 4.79 Å². The van der Waals surface area contributed by atoms with Gasteiger partial charge in [0.05, 0.1) is 6.04 Å². The summed E-state index contributed by atoms with van der Waals surface area (Å²) >= 11 is 0. The molecule has 1 aromatic carbocycles. The number of hydrogen-bond donors (Lipinski definition) is 2. The molecule has 102 valence electrons. The Morgan fingerprint density at radius 2 is 1.83 bits per heavy atom. The number of anilines is 1. The summed E-state index contributed by atoms with van der Waals surface area (Å²) in [4.78, 5) is 12.0. The molecule has 0 spiro atoms. The van der Waals surface area contributed by atoms with Gasteiger partial charge in [-0.1, -0.05) is 38.5 Å². The minimum atomic E-state index is -0.511. The van der Waals surface area contributed by atoms with Gasteiger partial charge in [-0.25, -0.2) is 0 Å². The number of rotatable bonds is 2. The van der Waals surface area contributed by atoms with E-state index in [1.54, 1.807) is 0 Å². The van der Waals surface area contributed by atoms with Crippen LogP contribution < -0.4 is 11.1 Å². The average molecular weight is 271 g/mol. The second-order valence-electron chi connectivity index (χ2n) is 5.65. The monoisotopic (exact) mass is 270 g/mol. The average Bonchev–Trinajstić information content (AvgIpc) is 2.19. The van der Waals surface area contributed by atoms with E-state index < -0.39 is 6.04 Å². The second-order valence-corrected chi connectivity index (χ2v) is 5.65. The van der Waals surface area contributed by atoms with Crippen LogP contribution >= 0.6 is 12.4 Å². The molecule has 3 N–H and O–H groups in total. The van der Waals surface area contributed by atoms with Gasteiger partial charge in [0.1, 0.15) is 0 Å². The summed E-state index contributed by atoms with van der Waals surface area (Å²) in [5.41, 5.74) is 8.75. The molecular formula is C14H23ClN2O. The second kappa shape index (κ2) is 6.21. The lowest BCUT2D eigenvalue weighted by Gasteiger charge is -2.26. The van der Waals surface area contributed by atoms with E-state index in [4.69, 9.17) is 5.73 Å². The summed E-state index contributed by atoms with van der Waals surface area (Å²) in [6.45, 7) is 9.88. The number of benzene rings is 1. The third-order valence-corrected chi connectivity index (χ3v) is 2.86. The molecule has 0 bridgehead atoms. The molecule has 0 aliphatic rings. The van der Waals surface area contributed by atoms with Gasteiger partial charge in [0, 0.05) is 5.69 Å². The van der Waals surface area contributed by atoms with E-state index in [0.29, 0.717) is 0 Å².